The highest BCUT2D eigenvalue weighted by atomic mass is 32.1. The van der Waals surface area contributed by atoms with Crippen LogP contribution in [0.2, 0.25) is 0 Å². The summed E-state index contributed by atoms with van der Waals surface area (Å²) in [5, 5.41) is 4.10. The van der Waals surface area contributed by atoms with Crippen molar-refractivity contribution in [1.29, 1.82) is 0 Å². The Labute approximate surface area is 132 Å². The first kappa shape index (κ1) is 15.5. The molecule has 3 heteroatoms. The standard InChI is InChI=1S/C18H22N2S/c1-13(2)20(16-8-6-5-7-9-16)18(21)19-17-11-10-14(3)12-15(17)4/h5-13H,1-4H3,(H,19,21). The SMILES string of the molecule is Cc1ccc(NC(=S)N(c2ccccc2)C(C)C)c(C)c1. The molecule has 0 aliphatic rings. The molecule has 2 aromatic carbocycles. The fourth-order valence-corrected chi connectivity index (χ4v) is 2.79. The van der Waals surface area contributed by atoms with Gasteiger partial charge < -0.3 is 10.2 Å². The highest BCUT2D eigenvalue weighted by molar-refractivity contribution is 7.80. The third-order valence-electron chi connectivity index (χ3n) is 3.39. The van der Waals surface area contributed by atoms with Crippen LogP contribution in [0.1, 0.15) is 25.0 Å². The third kappa shape index (κ3) is 3.82. The van der Waals surface area contributed by atoms with Gasteiger partial charge in [0.05, 0.1) is 0 Å². The van der Waals surface area contributed by atoms with E-state index in [4.69, 9.17) is 12.2 Å². The van der Waals surface area contributed by atoms with Crippen LogP contribution in [0.3, 0.4) is 0 Å². The highest BCUT2D eigenvalue weighted by Gasteiger charge is 2.16. The van der Waals surface area contributed by atoms with Gasteiger partial charge in [-0.25, -0.2) is 0 Å². The lowest BCUT2D eigenvalue weighted by molar-refractivity contribution is 0.811. The fourth-order valence-electron chi connectivity index (χ4n) is 2.37. The molecule has 0 radical (unpaired) electrons. The molecule has 110 valence electrons. The van der Waals surface area contributed by atoms with Crippen LogP contribution in [0.5, 0.6) is 0 Å². The summed E-state index contributed by atoms with van der Waals surface area (Å²) in [5.74, 6) is 0. The van der Waals surface area contributed by atoms with E-state index >= 15 is 0 Å². The van der Waals surface area contributed by atoms with Crippen LogP contribution < -0.4 is 10.2 Å². The van der Waals surface area contributed by atoms with Gasteiger partial charge in [0, 0.05) is 17.4 Å². The van der Waals surface area contributed by atoms with Gasteiger partial charge in [0.25, 0.3) is 0 Å². The highest BCUT2D eigenvalue weighted by Crippen LogP contribution is 2.21. The van der Waals surface area contributed by atoms with Crippen LogP contribution in [-0.2, 0) is 0 Å². The Hall–Kier alpha value is -1.87. The molecule has 0 aliphatic carbocycles. The van der Waals surface area contributed by atoms with Crippen molar-refractivity contribution in [2.75, 3.05) is 10.2 Å². The third-order valence-corrected chi connectivity index (χ3v) is 3.69. The summed E-state index contributed by atoms with van der Waals surface area (Å²) in [6.45, 7) is 8.48. The summed E-state index contributed by atoms with van der Waals surface area (Å²) in [7, 11) is 0. The predicted octanol–water partition coefficient (Wildman–Crippen LogP) is 4.92. The number of nitrogens with zero attached hydrogens (tertiary/aromatic N) is 1. The second kappa shape index (κ2) is 6.72. The van der Waals surface area contributed by atoms with E-state index in [9.17, 15) is 0 Å². The summed E-state index contributed by atoms with van der Waals surface area (Å²) < 4.78 is 0. The van der Waals surface area contributed by atoms with Gasteiger partial charge in [-0.3, -0.25) is 0 Å². The largest absolute Gasteiger partial charge is 0.332 e. The number of rotatable bonds is 3. The summed E-state index contributed by atoms with van der Waals surface area (Å²) in [5.41, 5.74) is 4.63. The lowest BCUT2D eigenvalue weighted by Crippen LogP contribution is -2.40. The number of nitrogens with one attached hydrogen (secondary N) is 1. The van der Waals surface area contributed by atoms with Gasteiger partial charge in [-0.1, -0.05) is 35.9 Å². The van der Waals surface area contributed by atoms with E-state index in [0.717, 1.165) is 16.5 Å². The molecule has 0 saturated heterocycles. The average Bonchev–Trinajstić information content (AvgIpc) is 2.43. The Morgan fingerprint density at radius 1 is 1.05 bits per heavy atom. The maximum atomic E-state index is 5.62. The van der Waals surface area contributed by atoms with Gasteiger partial charge in [0.2, 0.25) is 0 Å². The fraction of sp³-hybridized carbons (Fsp3) is 0.278. The average molecular weight is 298 g/mol. The molecule has 2 rings (SSSR count). The number of thiocarbonyl (C=S) groups is 1. The first-order valence-corrected chi connectivity index (χ1v) is 7.62. The monoisotopic (exact) mass is 298 g/mol. The van der Waals surface area contributed by atoms with Crippen molar-refractivity contribution in [3.05, 3.63) is 59.7 Å². The molecule has 21 heavy (non-hydrogen) atoms. The van der Waals surface area contributed by atoms with E-state index in [1.54, 1.807) is 0 Å². The van der Waals surface area contributed by atoms with Crippen molar-refractivity contribution in [3.63, 3.8) is 0 Å². The summed E-state index contributed by atoms with van der Waals surface area (Å²) in [6, 6.07) is 16.9. The molecule has 0 spiro atoms. The minimum Gasteiger partial charge on any atom is -0.332 e. The lowest BCUT2D eigenvalue weighted by atomic mass is 10.1. The molecule has 0 amide bonds. The molecule has 0 aromatic heterocycles. The Morgan fingerprint density at radius 2 is 1.71 bits per heavy atom. The van der Waals surface area contributed by atoms with E-state index in [0.29, 0.717) is 0 Å². The van der Waals surface area contributed by atoms with Crippen LogP contribution in [0, 0.1) is 13.8 Å². The summed E-state index contributed by atoms with van der Waals surface area (Å²) in [4.78, 5) is 2.13. The topological polar surface area (TPSA) is 15.3 Å². The molecule has 0 bridgehead atoms. The molecular weight excluding hydrogens is 276 g/mol. The van der Waals surface area contributed by atoms with Crippen LogP contribution in [-0.4, -0.2) is 11.2 Å². The molecule has 0 heterocycles. The van der Waals surface area contributed by atoms with Crippen molar-refractivity contribution < 1.29 is 0 Å². The van der Waals surface area contributed by atoms with Crippen LogP contribution in [0.25, 0.3) is 0 Å². The lowest BCUT2D eigenvalue weighted by Gasteiger charge is -2.30. The zero-order chi connectivity index (χ0) is 15.4. The van der Waals surface area contributed by atoms with Crippen molar-refractivity contribution in [1.82, 2.24) is 0 Å². The van der Waals surface area contributed by atoms with Crippen LogP contribution in [0.15, 0.2) is 48.5 Å². The van der Waals surface area contributed by atoms with Gasteiger partial charge in [0.1, 0.15) is 0 Å². The van der Waals surface area contributed by atoms with E-state index < -0.39 is 0 Å². The first-order valence-electron chi connectivity index (χ1n) is 7.21. The maximum Gasteiger partial charge on any atom is 0.178 e. The zero-order valence-corrected chi connectivity index (χ0v) is 13.9. The first-order chi connectivity index (χ1) is 9.99. The molecule has 0 unspecified atom stereocenters. The number of hydrogen-bond donors (Lipinski definition) is 1. The van der Waals surface area contributed by atoms with Gasteiger partial charge in [-0.15, -0.1) is 0 Å². The van der Waals surface area contributed by atoms with Crippen molar-refractivity contribution in [2.45, 2.75) is 33.7 Å². The number of para-hydroxylation sites is 1. The van der Waals surface area contributed by atoms with Gasteiger partial charge in [0.15, 0.2) is 5.11 Å². The summed E-state index contributed by atoms with van der Waals surface area (Å²) >= 11 is 5.62. The van der Waals surface area contributed by atoms with Crippen LogP contribution >= 0.6 is 12.2 Å². The second-order valence-corrected chi connectivity index (χ2v) is 5.93. The number of anilines is 2. The molecule has 0 atom stereocenters. The van der Waals surface area contributed by atoms with E-state index in [-0.39, 0.29) is 6.04 Å². The minimum atomic E-state index is 0.290. The molecule has 0 saturated carbocycles. The predicted molar refractivity (Wildman–Crippen MR) is 96.2 cm³/mol. The molecule has 0 fully saturated rings. The van der Waals surface area contributed by atoms with Gasteiger partial charge in [-0.05, 0) is 63.7 Å². The van der Waals surface area contributed by atoms with Gasteiger partial charge in [-0.2, -0.15) is 0 Å². The number of aryl methyl sites for hydroxylation is 2. The van der Waals surface area contributed by atoms with Crippen molar-refractivity contribution in [3.8, 4) is 0 Å². The normalized spacial score (nSPS) is 10.5. The van der Waals surface area contributed by atoms with Crippen LogP contribution in [0.4, 0.5) is 11.4 Å². The molecular formula is C18H22N2S. The summed E-state index contributed by atoms with van der Waals surface area (Å²) in [6.07, 6.45) is 0. The van der Waals surface area contributed by atoms with Crippen molar-refractivity contribution in [2.24, 2.45) is 0 Å². The zero-order valence-electron chi connectivity index (χ0n) is 13.1. The number of hydrogen-bond acceptors (Lipinski definition) is 1. The molecule has 1 N–H and O–H groups in total. The van der Waals surface area contributed by atoms with E-state index in [1.165, 1.54) is 11.1 Å². The molecule has 2 nitrogen and oxygen atoms in total. The molecule has 2 aromatic rings. The van der Waals surface area contributed by atoms with E-state index in [1.807, 2.05) is 18.2 Å². The smallest absolute Gasteiger partial charge is 0.178 e. The maximum absolute atomic E-state index is 5.62. The Balaban J connectivity index is 2.24. The Kier molecular flexibility index (Phi) is 4.97. The minimum absolute atomic E-state index is 0.290. The van der Waals surface area contributed by atoms with Crippen molar-refractivity contribution >= 4 is 28.7 Å². The Bertz CT molecular complexity index is 620. The van der Waals surface area contributed by atoms with E-state index in [2.05, 4.69) is 68.2 Å². The number of benzene rings is 2. The Morgan fingerprint density at radius 3 is 2.29 bits per heavy atom. The second-order valence-electron chi connectivity index (χ2n) is 5.55. The quantitative estimate of drug-likeness (QED) is 0.810. The molecule has 0 aliphatic heterocycles. The van der Waals surface area contributed by atoms with Gasteiger partial charge >= 0.3 is 0 Å².